The molecular weight excluding hydrogens is 222 g/mol. The zero-order valence-electron chi connectivity index (χ0n) is 10.4. The third-order valence-electron chi connectivity index (χ3n) is 1.97. The third-order valence-corrected chi connectivity index (χ3v) is 1.97. The number of rotatable bonds is 1. The molecule has 0 atom stereocenters. The smallest absolute Gasteiger partial charge is 0.410 e. The largest absolute Gasteiger partial charge is 0.497 e. The lowest BCUT2D eigenvalue weighted by Gasteiger charge is -2.10. The van der Waals surface area contributed by atoms with E-state index >= 15 is 0 Å². The molecule has 0 fully saturated rings. The maximum Gasteiger partial charge on any atom is 0.497 e. The molecule has 0 aromatic carbocycles. The van der Waals surface area contributed by atoms with Gasteiger partial charge < -0.3 is 9.64 Å². The number of carbonyl (C=O) groups is 2. The maximum absolute atomic E-state index is 11.6. The molecule has 0 saturated heterocycles. The van der Waals surface area contributed by atoms with Crippen molar-refractivity contribution >= 4 is 12.1 Å². The Balaban J connectivity index is 2.75. The van der Waals surface area contributed by atoms with Gasteiger partial charge in [-0.25, -0.2) is 9.69 Å². The fourth-order valence-electron chi connectivity index (χ4n) is 1.03. The summed E-state index contributed by atoms with van der Waals surface area (Å²) >= 11 is 0. The molecule has 0 bridgehead atoms. The van der Waals surface area contributed by atoms with E-state index in [1.54, 1.807) is 52.7 Å². The van der Waals surface area contributed by atoms with E-state index in [2.05, 4.69) is 0 Å². The van der Waals surface area contributed by atoms with Crippen LogP contribution in [0, 0.1) is 0 Å². The van der Waals surface area contributed by atoms with Gasteiger partial charge in [-0.1, -0.05) is 0 Å². The molecule has 0 spiro atoms. The number of aromatic nitrogens is 1. The molecule has 1 aromatic rings. The molecule has 0 unspecified atom stereocenters. The normalized spacial score (nSPS) is 9.65. The first-order valence-electron chi connectivity index (χ1n) is 5.04. The Hall–Kier alpha value is -2.11. The highest BCUT2D eigenvalue weighted by atomic mass is 16.6. The molecule has 0 aliphatic heterocycles. The van der Waals surface area contributed by atoms with E-state index < -0.39 is 6.09 Å². The highest BCUT2D eigenvalue weighted by Crippen LogP contribution is 2.07. The summed E-state index contributed by atoms with van der Waals surface area (Å²) in [5.74, 6) is 0.395. The SMILES string of the molecule is CN(C)C(=O)Oc1cc[n+](C(=O)N(C)C)cc1. The number of amides is 2. The zero-order valence-corrected chi connectivity index (χ0v) is 10.4. The molecule has 0 saturated carbocycles. The number of ether oxygens (including phenoxy) is 1. The molecule has 0 N–H and O–H groups in total. The van der Waals surface area contributed by atoms with Gasteiger partial charge >= 0.3 is 12.1 Å². The summed E-state index contributed by atoms with van der Waals surface area (Å²) in [7, 11) is 6.52. The standard InChI is InChI=1S/C11H16N3O3/c1-12(2)10(15)14-7-5-9(6-8-14)17-11(16)13(3)4/h5-8H,1-4H3/q+1. The van der Waals surface area contributed by atoms with Crippen LogP contribution in [0.3, 0.4) is 0 Å². The lowest BCUT2D eigenvalue weighted by atomic mass is 10.4. The number of nitrogens with zero attached hydrogens (tertiary/aromatic N) is 3. The van der Waals surface area contributed by atoms with Gasteiger partial charge in [0.25, 0.3) is 0 Å². The Labute approximate surface area is 100 Å². The van der Waals surface area contributed by atoms with Crippen LogP contribution in [0.5, 0.6) is 5.75 Å². The average molecular weight is 238 g/mol. The number of hydrogen-bond acceptors (Lipinski definition) is 3. The van der Waals surface area contributed by atoms with Crippen LogP contribution in [0.1, 0.15) is 0 Å². The predicted molar refractivity (Wildman–Crippen MR) is 60.8 cm³/mol. The second kappa shape index (κ2) is 5.29. The summed E-state index contributed by atoms with van der Waals surface area (Å²) in [6.07, 6.45) is 2.63. The van der Waals surface area contributed by atoms with Gasteiger partial charge in [0.05, 0.1) is 14.1 Å². The molecule has 1 rings (SSSR count). The van der Waals surface area contributed by atoms with Gasteiger partial charge in [0.2, 0.25) is 0 Å². The van der Waals surface area contributed by atoms with Gasteiger partial charge in [-0.05, 0) is 0 Å². The molecule has 2 amide bonds. The first kappa shape index (κ1) is 13.0. The van der Waals surface area contributed by atoms with Gasteiger partial charge in [-0.2, -0.15) is 9.36 Å². The van der Waals surface area contributed by atoms with Crippen LogP contribution in [-0.2, 0) is 0 Å². The molecule has 6 heteroatoms. The van der Waals surface area contributed by atoms with Crippen LogP contribution in [0.4, 0.5) is 9.59 Å². The minimum absolute atomic E-state index is 0.171. The van der Waals surface area contributed by atoms with E-state index in [-0.39, 0.29) is 6.03 Å². The molecule has 6 nitrogen and oxygen atoms in total. The summed E-state index contributed by atoms with van der Waals surface area (Å²) in [4.78, 5) is 25.6. The van der Waals surface area contributed by atoms with Crippen molar-refractivity contribution < 1.29 is 18.9 Å². The summed E-state index contributed by atoms with van der Waals surface area (Å²) in [5.41, 5.74) is 0. The van der Waals surface area contributed by atoms with Crippen LogP contribution < -0.4 is 9.30 Å². The highest BCUT2D eigenvalue weighted by molar-refractivity contribution is 5.69. The van der Waals surface area contributed by atoms with Crippen molar-refractivity contribution in [2.75, 3.05) is 28.2 Å². The van der Waals surface area contributed by atoms with Crippen molar-refractivity contribution in [3.63, 3.8) is 0 Å². The van der Waals surface area contributed by atoms with E-state index in [9.17, 15) is 9.59 Å². The Morgan fingerprint density at radius 2 is 1.59 bits per heavy atom. The van der Waals surface area contributed by atoms with Gasteiger partial charge in [0.15, 0.2) is 0 Å². The topological polar surface area (TPSA) is 53.7 Å². The number of hydrogen-bond donors (Lipinski definition) is 0. The highest BCUT2D eigenvalue weighted by Gasteiger charge is 2.15. The molecular formula is C11H16N3O3+. The fraction of sp³-hybridized carbons (Fsp3) is 0.364. The quantitative estimate of drug-likeness (QED) is 0.672. The summed E-state index contributed by atoms with van der Waals surface area (Å²) in [6.45, 7) is 0. The van der Waals surface area contributed by atoms with Crippen molar-refractivity contribution in [2.24, 2.45) is 0 Å². The second-order valence-electron chi connectivity index (χ2n) is 3.88. The van der Waals surface area contributed by atoms with Crippen LogP contribution in [0.25, 0.3) is 0 Å². The minimum atomic E-state index is -0.457. The van der Waals surface area contributed by atoms with Gasteiger partial charge in [-0.15, -0.1) is 0 Å². The van der Waals surface area contributed by atoms with E-state index in [4.69, 9.17) is 4.74 Å². The monoisotopic (exact) mass is 238 g/mol. The Morgan fingerprint density at radius 3 is 2.00 bits per heavy atom. The molecule has 1 aromatic heterocycles. The second-order valence-corrected chi connectivity index (χ2v) is 3.88. The number of carbonyl (C=O) groups excluding carboxylic acids is 2. The van der Waals surface area contributed by atoms with Crippen LogP contribution >= 0.6 is 0 Å². The molecule has 92 valence electrons. The lowest BCUT2D eigenvalue weighted by molar-refractivity contribution is -0.577. The predicted octanol–water partition coefficient (Wildman–Crippen LogP) is 0.564. The van der Waals surface area contributed by atoms with Crippen LogP contribution in [0.2, 0.25) is 0 Å². The van der Waals surface area contributed by atoms with Gasteiger partial charge in [-0.3, -0.25) is 0 Å². The molecule has 0 radical (unpaired) electrons. The van der Waals surface area contributed by atoms with Crippen molar-refractivity contribution in [3.8, 4) is 5.75 Å². The van der Waals surface area contributed by atoms with Crippen molar-refractivity contribution in [1.29, 1.82) is 0 Å². The lowest BCUT2D eigenvalue weighted by Crippen LogP contribution is -2.48. The van der Waals surface area contributed by atoms with E-state index in [0.29, 0.717) is 5.75 Å². The van der Waals surface area contributed by atoms with Crippen molar-refractivity contribution in [3.05, 3.63) is 24.5 Å². The summed E-state index contributed by atoms with van der Waals surface area (Å²) < 4.78 is 6.42. The summed E-state index contributed by atoms with van der Waals surface area (Å²) in [6, 6.07) is 2.95. The third kappa shape index (κ3) is 3.44. The van der Waals surface area contributed by atoms with Gasteiger partial charge in [0, 0.05) is 26.2 Å². The summed E-state index contributed by atoms with van der Waals surface area (Å²) in [5, 5.41) is 0. The van der Waals surface area contributed by atoms with Crippen molar-refractivity contribution in [1.82, 2.24) is 9.80 Å². The Morgan fingerprint density at radius 1 is 1.06 bits per heavy atom. The van der Waals surface area contributed by atoms with E-state index in [0.717, 1.165) is 0 Å². The fourth-order valence-corrected chi connectivity index (χ4v) is 1.03. The molecule has 17 heavy (non-hydrogen) atoms. The Kier molecular flexibility index (Phi) is 4.03. The van der Waals surface area contributed by atoms with Crippen molar-refractivity contribution in [2.45, 2.75) is 0 Å². The van der Waals surface area contributed by atoms with Crippen LogP contribution in [0.15, 0.2) is 24.5 Å². The Bertz CT molecular complexity index is 412. The van der Waals surface area contributed by atoms with Crippen LogP contribution in [-0.4, -0.2) is 50.1 Å². The molecule has 1 heterocycles. The zero-order chi connectivity index (χ0) is 13.0. The maximum atomic E-state index is 11.6. The molecule has 0 aliphatic rings. The van der Waals surface area contributed by atoms with E-state index in [1.807, 2.05) is 0 Å². The first-order valence-corrected chi connectivity index (χ1v) is 5.04. The first-order chi connectivity index (χ1) is 7.91. The van der Waals surface area contributed by atoms with Gasteiger partial charge in [0.1, 0.15) is 18.1 Å². The minimum Gasteiger partial charge on any atom is -0.410 e. The van der Waals surface area contributed by atoms with E-state index in [1.165, 1.54) is 14.4 Å². The number of pyridine rings is 1. The molecule has 0 aliphatic carbocycles. The average Bonchev–Trinajstić information content (AvgIpc) is 2.28.